The Morgan fingerprint density at radius 3 is 2.95 bits per heavy atom. The molecular formula is C16H21NO3. The number of ketones is 1. The van der Waals surface area contributed by atoms with Gasteiger partial charge >= 0.3 is 0 Å². The average molecular weight is 275 g/mol. The monoisotopic (exact) mass is 275 g/mol. The number of pyridine rings is 1. The minimum absolute atomic E-state index is 0.146. The van der Waals surface area contributed by atoms with Crippen LogP contribution in [0.4, 0.5) is 0 Å². The Kier molecular flexibility index (Phi) is 4.13. The van der Waals surface area contributed by atoms with Crippen molar-refractivity contribution in [3.8, 4) is 0 Å². The number of aromatic nitrogens is 1. The minimum atomic E-state index is -0.171. The molecule has 2 atom stereocenters. The number of hydrogen-bond donors (Lipinski definition) is 0. The van der Waals surface area contributed by atoms with E-state index in [2.05, 4.69) is 4.98 Å². The molecule has 2 saturated heterocycles. The van der Waals surface area contributed by atoms with E-state index in [1.165, 1.54) is 5.56 Å². The zero-order chi connectivity index (χ0) is 13.8. The Morgan fingerprint density at radius 2 is 2.20 bits per heavy atom. The van der Waals surface area contributed by atoms with Crippen LogP contribution in [0.3, 0.4) is 0 Å². The number of nitrogens with zero attached hydrogens (tertiary/aromatic N) is 1. The van der Waals surface area contributed by atoms with Crippen molar-refractivity contribution in [1.29, 1.82) is 0 Å². The third-order valence-electron chi connectivity index (χ3n) is 4.42. The zero-order valence-electron chi connectivity index (χ0n) is 11.7. The lowest BCUT2D eigenvalue weighted by molar-refractivity contribution is -0.137. The summed E-state index contributed by atoms with van der Waals surface area (Å²) in [4.78, 5) is 16.4. The second-order valence-electron chi connectivity index (χ2n) is 5.85. The summed E-state index contributed by atoms with van der Waals surface area (Å²) in [6, 6.07) is 3.95. The second-order valence-corrected chi connectivity index (χ2v) is 5.85. The van der Waals surface area contributed by atoms with Crippen LogP contribution in [0.1, 0.15) is 31.2 Å². The minimum Gasteiger partial charge on any atom is -0.378 e. The van der Waals surface area contributed by atoms with E-state index >= 15 is 0 Å². The Labute approximate surface area is 119 Å². The maximum absolute atomic E-state index is 12.4. The van der Waals surface area contributed by atoms with Gasteiger partial charge in [-0.25, -0.2) is 0 Å². The standard InChI is InChI=1S/C16H21NO3/c18-15(2-1-13-3-7-17-8-4-13)14-5-9-20-16(11-14)6-10-19-12-16/h3-4,7-8,14H,1-2,5-6,9-12H2. The quantitative estimate of drug-likeness (QED) is 0.845. The van der Waals surface area contributed by atoms with E-state index in [1.54, 1.807) is 12.4 Å². The molecule has 0 aromatic carbocycles. The van der Waals surface area contributed by atoms with Crippen LogP contribution in [-0.2, 0) is 20.7 Å². The molecule has 0 saturated carbocycles. The third kappa shape index (κ3) is 3.07. The molecule has 2 unspecified atom stereocenters. The molecular weight excluding hydrogens is 254 g/mol. The summed E-state index contributed by atoms with van der Waals surface area (Å²) < 4.78 is 11.3. The van der Waals surface area contributed by atoms with Gasteiger partial charge in [0.25, 0.3) is 0 Å². The highest BCUT2D eigenvalue weighted by molar-refractivity contribution is 5.81. The van der Waals surface area contributed by atoms with Crippen LogP contribution >= 0.6 is 0 Å². The second kappa shape index (κ2) is 6.02. The molecule has 0 bridgehead atoms. The van der Waals surface area contributed by atoms with Gasteiger partial charge in [0, 0.05) is 44.4 Å². The Morgan fingerprint density at radius 1 is 1.35 bits per heavy atom. The molecule has 4 nitrogen and oxygen atoms in total. The molecule has 0 radical (unpaired) electrons. The van der Waals surface area contributed by atoms with Crippen molar-refractivity contribution in [3.63, 3.8) is 0 Å². The fraction of sp³-hybridized carbons (Fsp3) is 0.625. The Balaban J connectivity index is 1.54. The van der Waals surface area contributed by atoms with Gasteiger partial charge in [0.1, 0.15) is 5.78 Å². The normalized spacial score (nSPS) is 29.7. The molecule has 2 aliphatic rings. The fourth-order valence-corrected chi connectivity index (χ4v) is 3.19. The lowest BCUT2D eigenvalue weighted by Gasteiger charge is -2.36. The average Bonchev–Trinajstić information content (AvgIpc) is 2.93. The van der Waals surface area contributed by atoms with E-state index < -0.39 is 0 Å². The molecule has 2 fully saturated rings. The van der Waals surface area contributed by atoms with E-state index in [4.69, 9.17) is 9.47 Å². The number of hydrogen-bond acceptors (Lipinski definition) is 4. The van der Waals surface area contributed by atoms with E-state index in [-0.39, 0.29) is 11.5 Å². The van der Waals surface area contributed by atoms with Crippen molar-refractivity contribution in [3.05, 3.63) is 30.1 Å². The molecule has 1 aromatic rings. The van der Waals surface area contributed by atoms with Crippen LogP contribution in [0.2, 0.25) is 0 Å². The van der Waals surface area contributed by atoms with Crippen molar-refractivity contribution < 1.29 is 14.3 Å². The highest BCUT2D eigenvalue weighted by Gasteiger charge is 2.42. The summed E-state index contributed by atoms with van der Waals surface area (Å²) in [5.74, 6) is 0.517. The molecule has 3 heterocycles. The van der Waals surface area contributed by atoms with Crippen LogP contribution in [-0.4, -0.2) is 36.2 Å². The number of ether oxygens (including phenoxy) is 2. The van der Waals surface area contributed by atoms with Gasteiger partial charge in [0.2, 0.25) is 0 Å². The zero-order valence-corrected chi connectivity index (χ0v) is 11.7. The highest BCUT2D eigenvalue weighted by Crippen LogP contribution is 2.36. The number of rotatable bonds is 4. The van der Waals surface area contributed by atoms with E-state index in [1.807, 2.05) is 12.1 Å². The summed E-state index contributed by atoms with van der Waals surface area (Å²) in [7, 11) is 0. The SMILES string of the molecule is O=C(CCc1ccncc1)C1CCOC2(CCOC2)C1. The van der Waals surface area contributed by atoms with Gasteiger partial charge in [-0.2, -0.15) is 0 Å². The van der Waals surface area contributed by atoms with E-state index in [9.17, 15) is 4.79 Å². The first-order valence-corrected chi connectivity index (χ1v) is 7.41. The van der Waals surface area contributed by atoms with Crippen molar-refractivity contribution in [2.75, 3.05) is 19.8 Å². The van der Waals surface area contributed by atoms with Crippen LogP contribution in [0, 0.1) is 5.92 Å². The molecule has 0 N–H and O–H groups in total. The topological polar surface area (TPSA) is 48.4 Å². The maximum Gasteiger partial charge on any atom is 0.136 e. The first-order valence-electron chi connectivity index (χ1n) is 7.41. The molecule has 0 amide bonds. The van der Waals surface area contributed by atoms with Gasteiger partial charge in [-0.05, 0) is 37.0 Å². The Bertz CT molecular complexity index is 454. The molecule has 0 aliphatic carbocycles. The number of carbonyl (C=O) groups is 1. The van der Waals surface area contributed by atoms with E-state index in [0.717, 1.165) is 32.3 Å². The first kappa shape index (κ1) is 13.7. The van der Waals surface area contributed by atoms with Crippen molar-refractivity contribution in [2.24, 2.45) is 5.92 Å². The van der Waals surface area contributed by atoms with Crippen LogP contribution in [0.25, 0.3) is 0 Å². The fourth-order valence-electron chi connectivity index (χ4n) is 3.19. The van der Waals surface area contributed by atoms with Crippen LogP contribution < -0.4 is 0 Å². The Hall–Kier alpha value is -1.26. The predicted octanol–water partition coefficient (Wildman–Crippen LogP) is 2.17. The van der Waals surface area contributed by atoms with Gasteiger partial charge in [-0.3, -0.25) is 9.78 Å². The smallest absolute Gasteiger partial charge is 0.136 e. The summed E-state index contributed by atoms with van der Waals surface area (Å²) >= 11 is 0. The van der Waals surface area contributed by atoms with Gasteiger partial charge in [0.05, 0.1) is 12.2 Å². The first-order chi connectivity index (χ1) is 9.77. The lowest BCUT2D eigenvalue weighted by atomic mass is 9.81. The van der Waals surface area contributed by atoms with Gasteiger partial charge in [-0.1, -0.05) is 0 Å². The third-order valence-corrected chi connectivity index (χ3v) is 4.42. The molecule has 3 rings (SSSR count). The molecule has 2 aliphatic heterocycles. The van der Waals surface area contributed by atoms with Crippen LogP contribution in [0.15, 0.2) is 24.5 Å². The van der Waals surface area contributed by atoms with Gasteiger partial charge in [0.15, 0.2) is 0 Å². The van der Waals surface area contributed by atoms with Crippen LogP contribution in [0.5, 0.6) is 0 Å². The highest BCUT2D eigenvalue weighted by atomic mass is 16.6. The largest absolute Gasteiger partial charge is 0.378 e. The van der Waals surface area contributed by atoms with Gasteiger partial charge < -0.3 is 9.47 Å². The maximum atomic E-state index is 12.4. The van der Waals surface area contributed by atoms with Crippen molar-refractivity contribution >= 4 is 5.78 Å². The van der Waals surface area contributed by atoms with Gasteiger partial charge in [-0.15, -0.1) is 0 Å². The molecule has 1 spiro atoms. The van der Waals surface area contributed by atoms with Crippen molar-refractivity contribution in [2.45, 2.75) is 37.7 Å². The van der Waals surface area contributed by atoms with Crippen molar-refractivity contribution in [1.82, 2.24) is 4.98 Å². The molecule has 4 heteroatoms. The number of aryl methyl sites for hydroxylation is 1. The summed E-state index contributed by atoms with van der Waals surface area (Å²) in [6.45, 7) is 2.11. The summed E-state index contributed by atoms with van der Waals surface area (Å²) in [6.07, 6.45) is 7.60. The molecule has 108 valence electrons. The predicted molar refractivity (Wildman–Crippen MR) is 74.4 cm³/mol. The summed E-state index contributed by atoms with van der Waals surface area (Å²) in [5.41, 5.74) is 1.01. The number of carbonyl (C=O) groups excluding carboxylic acids is 1. The lowest BCUT2D eigenvalue weighted by Crippen LogP contribution is -2.42. The molecule has 1 aromatic heterocycles. The number of Topliss-reactive ketones (excluding diaryl/α,β-unsaturated/α-hetero) is 1. The van der Waals surface area contributed by atoms with E-state index in [0.29, 0.717) is 25.4 Å². The summed E-state index contributed by atoms with van der Waals surface area (Å²) in [5, 5.41) is 0. The molecule has 20 heavy (non-hydrogen) atoms.